The van der Waals surface area contributed by atoms with Crippen LogP contribution in [0.5, 0.6) is 5.75 Å². The number of hydrogen-bond donors (Lipinski definition) is 1. The van der Waals surface area contributed by atoms with Crippen molar-refractivity contribution in [3.63, 3.8) is 0 Å². The molecule has 0 spiro atoms. The molecular weight excluding hydrogens is 486 g/mol. The van der Waals surface area contributed by atoms with E-state index in [-0.39, 0.29) is 12.2 Å². The summed E-state index contributed by atoms with van der Waals surface area (Å²) in [6.45, 7) is 4.61. The minimum absolute atomic E-state index is 0.117. The van der Waals surface area contributed by atoms with E-state index in [1.807, 2.05) is 86.7 Å². The molecule has 0 saturated heterocycles. The Kier molecular flexibility index (Phi) is 8.72. The molecule has 1 N–H and O–H groups in total. The number of carboxylic acid groups (broad SMARTS) is 1. The van der Waals surface area contributed by atoms with Gasteiger partial charge in [0.25, 0.3) is 0 Å². The third-order valence-corrected chi connectivity index (χ3v) is 5.94. The summed E-state index contributed by atoms with van der Waals surface area (Å²) in [7, 11) is 0. The maximum atomic E-state index is 11.6. The molecule has 0 bridgehead atoms. The van der Waals surface area contributed by atoms with Crippen molar-refractivity contribution in [2.45, 2.75) is 20.0 Å². The lowest BCUT2D eigenvalue weighted by atomic mass is 10.1. The normalized spacial score (nSPS) is 12.0. The first-order valence-electron chi connectivity index (χ1n) is 11.9. The molecule has 6 heteroatoms. The average molecular weight is 514 g/mol. The monoisotopic (exact) mass is 513 g/mol. The van der Waals surface area contributed by atoms with Crippen LogP contribution in [0.25, 0.3) is 23.1 Å². The SMILES string of the molecule is CC(C)=CCOC(COc1ccccc1C(=O)O)c1cccc(/C=C/c2ccc3ccc(Cl)cc3n2)c1. The number of halogens is 1. The van der Waals surface area contributed by atoms with Crippen molar-refractivity contribution in [3.8, 4) is 5.75 Å². The highest BCUT2D eigenvalue weighted by atomic mass is 35.5. The molecule has 0 aliphatic carbocycles. The molecule has 0 amide bonds. The van der Waals surface area contributed by atoms with Crippen LogP contribution < -0.4 is 4.74 Å². The molecule has 0 fully saturated rings. The number of nitrogens with zero attached hydrogens (tertiary/aromatic N) is 1. The highest BCUT2D eigenvalue weighted by Gasteiger charge is 2.16. The summed E-state index contributed by atoms with van der Waals surface area (Å²) >= 11 is 6.12. The van der Waals surface area contributed by atoms with Crippen molar-refractivity contribution in [2.75, 3.05) is 13.2 Å². The molecule has 4 aromatic rings. The molecule has 37 heavy (non-hydrogen) atoms. The maximum absolute atomic E-state index is 11.6. The number of carboxylic acids is 1. The molecule has 0 radical (unpaired) electrons. The number of ether oxygens (including phenoxy) is 2. The van der Waals surface area contributed by atoms with Crippen molar-refractivity contribution >= 4 is 40.6 Å². The van der Waals surface area contributed by atoms with E-state index in [1.165, 1.54) is 6.07 Å². The minimum Gasteiger partial charge on any atom is -0.490 e. The standard InChI is InChI=1S/C31H28ClNO4/c1-21(2)16-17-36-30(20-37-29-9-4-3-8-27(29)31(34)35)24-7-5-6-22(18-24)10-14-26-15-12-23-11-13-25(32)19-28(23)33-26/h3-16,18-19,30H,17,20H2,1-2H3,(H,34,35)/b14-10+. The van der Waals surface area contributed by atoms with Gasteiger partial charge in [0.05, 0.1) is 17.8 Å². The maximum Gasteiger partial charge on any atom is 0.339 e. The largest absolute Gasteiger partial charge is 0.490 e. The van der Waals surface area contributed by atoms with Crippen molar-refractivity contribution in [1.29, 1.82) is 0 Å². The quantitative estimate of drug-likeness (QED) is 0.218. The second kappa shape index (κ2) is 12.3. The predicted molar refractivity (Wildman–Crippen MR) is 149 cm³/mol. The summed E-state index contributed by atoms with van der Waals surface area (Å²) in [4.78, 5) is 16.2. The van der Waals surface area contributed by atoms with Crippen LogP contribution in [0.2, 0.25) is 5.02 Å². The number of rotatable bonds is 10. The Balaban J connectivity index is 1.55. The van der Waals surface area contributed by atoms with Crippen LogP contribution in [0.4, 0.5) is 0 Å². The van der Waals surface area contributed by atoms with Gasteiger partial charge in [-0.25, -0.2) is 9.78 Å². The molecule has 1 unspecified atom stereocenters. The topological polar surface area (TPSA) is 68.7 Å². The second-order valence-electron chi connectivity index (χ2n) is 8.79. The molecule has 1 atom stereocenters. The first-order chi connectivity index (χ1) is 17.9. The van der Waals surface area contributed by atoms with Gasteiger partial charge in [-0.05, 0) is 67.4 Å². The molecule has 3 aromatic carbocycles. The Hall–Kier alpha value is -3.93. The van der Waals surface area contributed by atoms with E-state index >= 15 is 0 Å². The fraction of sp³-hybridized carbons (Fsp3) is 0.161. The second-order valence-corrected chi connectivity index (χ2v) is 9.23. The average Bonchev–Trinajstić information content (AvgIpc) is 2.89. The number of benzene rings is 3. The van der Waals surface area contributed by atoms with Crippen molar-refractivity contribution in [3.05, 3.63) is 118 Å². The zero-order valence-corrected chi connectivity index (χ0v) is 21.5. The first kappa shape index (κ1) is 26.1. The van der Waals surface area contributed by atoms with Gasteiger partial charge in [0, 0.05) is 10.4 Å². The number of aromatic nitrogens is 1. The zero-order valence-electron chi connectivity index (χ0n) is 20.7. The van der Waals surface area contributed by atoms with E-state index in [2.05, 4.69) is 4.98 Å². The molecule has 1 heterocycles. The molecule has 188 valence electrons. The van der Waals surface area contributed by atoms with Gasteiger partial charge < -0.3 is 14.6 Å². The van der Waals surface area contributed by atoms with Gasteiger partial charge in [-0.15, -0.1) is 0 Å². The summed E-state index contributed by atoms with van der Waals surface area (Å²) in [5.74, 6) is -0.723. The summed E-state index contributed by atoms with van der Waals surface area (Å²) < 4.78 is 12.1. The molecule has 0 saturated carbocycles. The van der Waals surface area contributed by atoms with Crippen molar-refractivity contribution in [1.82, 2.24) is 4.98 Å². The highest BCUT2D eigenvalue weighted by molar-refractivity contribution is 6.31. The Bertz CT molecular complexity index is 1460. The molecule has 4 rings (SSSR count). The van der Waals surface area contributed by atoms with Gasteiger partial charge in [0.1, 0.15) is 24.0 Å². The number of allylic oxidation sites excluding steroid dienone is 1. The van der Waals surface area contributed by atoms with E-state index in [1.54, 1.807) is 18.2 Å². The van der Waals surface area contributed by atoms with E-state index in [9.17, 15) is 9.90 Å². The van der Waals surface area contributed by atoms with E-state index < -0.39 is 12.1 Å². The number of aromatic carboxylic acids is 1. The van der Waals surface area contributed by atoms with E-state index in [4.69, 9.17) is 21.1 Å². The van der Waals surface area contributed by atoms with Crippen LogP contribution in [0, 0.1) is 0 Å². The predicted octanol–water partition coefficient (Wildman–Crippen LogP) is 7.86. The summed E-state index contributed by atoms with van der Waals surface area (Å²) in [5.41, 5.74) is 4.84. The number of fused-ring (bicyclic) bond motifs is 1. The van der Waals surface area contributed by atoms with Gasteiger partial charge in [-0.3, -0.25) is 0 Å². The van der Waals surface area contributed by atoms with Crippen molar-refractivity contribution < 1.29 is 19.4 Å². The highest BCUT2D eigenvalue weighted by Crippen LogP contribution is 2.25. The fourth-order valence-electron chi connectivity index (χ4n) is 3.75. The van der Waals surface area contributed by atoms with Gasteiger partial charge in [0.2, 0.25) is 0 Å². The van der Waals surface area contributed by atoms with Crippen LogP contribution in [0.3, 0.4) is 0 Å². The summed E-state index contributed by atoms with van der Waals surface area (Å²) in [6, 6.07) is 24.2. The fourth-order valence-corrected chi connectivity index (χ4v) is 3.92. The van der Waals surface area contributed by atoms with Crippen LogP contribution in [-0.2, 0) is 4.74 Å². The minimum atomic E-state index is -1.03. The smallest absolute Gasteiger partial charge is 0.339 e. The summed E-state index contributed by atoms with van der Waals surface area (Å²) in [6.07, 6.45) is 5.56. The third-order valence-electron chi connectivity index (χ3n) is 5.70. The lowest BCUT2D eigenvalue weighted by Gasteiger charge is -2.19. The van der Waals surface area contributed by atoms with E-state index in [0.717, 1.165) is 33.3 Å². The van der Waals surface area contributed by atoms with Gasteiger partial charge in [0.15, 0.2) is 0 Å². The molecular formula is C31H28ClNO4. The summed E-state index contributed by atoms with van der Waals surface area (Å²) in [5, 5.41) is 11.2. The van der Waals surface area contributed by atoms with Crippen molar-refractivity contribution in [2.24, 2.45) is 0 Å². The lowest BCUT2D eigenvalue weighted by molar-refractivity contribution is 0.0345. The Morgan fingerprint density at radius 1 is 1.00 bits per heavy atom. The Labute approximate surface area is 221 Å². The molecule has 1 aromatic heterocycles. The van der Waals surface area contributed by atoms with E-state index in [0.29, 0.717) is 17.4 Å². The van der Waals surface area contributed by atoms with Crippen LogP contribution in [0.15, 0.2) is 90.5 Å². The Morgan fingerprint density at radius 3 is 2.62 bits per heavy atom. The third kappa shape index (κ3) is 7.29. The number of hydrogen-bond acceptors (Lipinski definition) is 4. The number of carbonyl (C=O) groups is 1. The first-order valence-corrected chi connectivity index (χ1v) is 12.3. The van der Waals surface area contributed by atoms with Gasteiger partial charge >= 0.3 is 5.97 Å². The number of para-hydroxylation sites is 1. The van der Waals surface area contributed by atoms with Gasteiger partial charge in [-0.2, -0.15) is 0 Å². The molecule has 5 nitrogen and oxygen atoms in total. The van der Waals surface area contributed by atoms with Gasteiger partial charge in [-0.1, -0.05) is 71.8 Å². The van der Waals surface area contributed by atoms with Crippen LogP contribution in [-0.4, -0.2) is 29.3 Å². The lowest BCUT2D eigenvalue weighted by Crippen LogP contribution is -2.15. The molecule has 0 aliphatic rings. The zero-order chi connectivity index (χ0) is 26.2. The molecule has 0 aliphatic heterocycles. The van der Waals surface area contributed by atoms with Crippen LogP contribution >= 0.6 is 11.6 Å². The Morgan fingerprint density at radius 2 is 1.81 bits per heavy atom. The van der Waals surface area contributed by atoms with Crippen LogP contribution in [0.1, 0.15) is 47.1 Å². The number of pyridine rings is 1.